The minimum atomic E-state index is -4.07. The van der Waals surface area contributed by atoms with Crippen LogP contribution in [0.25, 0.3) is 0 Å². The van der Waals surface area contributed by atoms with Crippen LogP contribution in [0.2, 0.25) is 0 Å². The van der Waals surface area contributed by atoms with Crippen molar-refractivity contribution in [3.8, 4) is 0 Å². The van der Waals surface area contributed by atoms with Gasteiger partial charge in [0.1, 0.15) is 0 Å². The number of benzene rings is 5. The van der Waals surface area contributed by atoms with Gasteiger partial charge in [-0.3, -0.25) is 0 Å². The first-order valence-electron chi connectivity index (χ1n) is 10.7. The Morgan fingerprint density at radius 2 is 0.387 bits per heavy atom. The summed E-state index contributed by atoms with van der Waals surface area (Å²) in [4.78, 5) is 0. The molecular weight excluding hydrogens is 435 g/mol. The average Bonchev–Trinajstić information content (AvgIpc) is 2.88. The first kappa shape index (κ1) is 19.6. The van der Waals surface area contributed by atoms with Gasteiger partial charge in [0, 0.05) is 0 Å². The molecule has 0 aromatic heterocycles. The third-order valence-electron chi connectivity index (χ3n) is 6.36. The second kappa shape index (κ2) is 8.06. The van der Waals surface area contributed by atoms with Gasteiger partial charge in [-0.1, -0.05) is 0 Å². The van der Waals surface area contributed by atoms with Crippen molar-refractivity contribution in [2.24, 2.45) is 0 Å². The molecule has 0 aliphatic rings. The molecule has 0 atom stereocenters. The fourth-order valence-corrected chi connectivity index (χ4v) is 19.4. The van der Waals surface area contributed by atoms with Crippen molar-refractivity contribution in [1.82, 2.24) is 0 Å². The Morgan fingerprint density at radius 3 is 0.548 bits per heavy atom. The van der Waals surface area contributed by atoms with Gasteiger partial charge in [-0.2, -0.15) is 0 Å². The van der Waals surface area contributed by atoms with Crippen molar-refractivity contribution in [3.05, 3.63) is 152 Å². The van der Waals surface area contributed by atoms with Gasteiger partial charge in [-0.15, -0.1) is 0 Å². The van der Waals surface area contributed by atoms with E-state index in [9.17, 15) is 0 Å². The maximum absolute atomic E-state index is 4.07. The first-order valence-corrected chi connectivity index (χ1v) is 15.4. The fourth-order valence-electron chi connectivity index (χ4n) is 5.12. The molecule has 0 N–H and O–H groups in total. The molecule has 0 saturated carbocycles. The molecule has 1 heteroatoms. The van der Waals surface area contributed by atoms with Crippen molar-refractivity contribution >= 4 is 34.2 Å². The van der Waals surface area contributed by atoms with Crippen LogP contribution in [0, 0.1) is 0 Å². The summed E-state index contributed by atoms with van der Waals surface area (Å²) in [6.45, 7) is 0. The quantitative estimate of drug-likeness (QED) is 0.349. The first-order chi connectivity index (χ1) is 15.4. The van der Waals surface area contributed by atoms with Crippen LogP contribution >= 0.6 is 0 Å². The molecule has 5 rings (SSSR count). The Balaban J connectivity index is 2.14. The summed E-state index contributed by atoms with van der Waals surface area (Å²) in [5.74, 6) is 0. The molecule has 5 aromatic rings. The monoisotopic (exact) mass is 460 g/mol. The van der Waals surface area contributed by atoms with E-state index in [2.05, 4.69) is 152 Å². The molecule has 5 aromatic carbocycles. The molecule has 0 radical (unpaired) electrons. The van der Waals surface area contributed by atoms with E-state index < -0.39 is 12.5 Å². The van der Waals surface area contributed by atoms with Crippen LogP contribution in [0.15, 0.2) is 152 Å². The SMILES string of the molecule is c1ccc([As](c2ccccc2)(c2ccccc2)(c2ccccc2)c2ccccc2)cc1. The predicted molar refractivity (Wildman–Crippen MR) is 136 cm³/mol. The maximum atomic E-state index is 2.34. The van der Waals surface area contributed by atoms with Crippen molar-refractivity contribution in [3.63, 3.8) is 0 Å². The molecule has 0 heterocycles. The van der Waals surface area contributed by atoms with Crippen LogP contribution < -0.4 is 21.8 Å². The van der Waals surface area contributed by atoms with Gasteiger partial charge in [-0.05, 0) is 0 Å². The molecule has 150 valence electrons. The molecule has 0 nitrogen and oxygen atoms in total. The van der Waals surface area contributed by atoms with Gasteiger partial charge in [0.05, 0.1) is 0 Å². The predicted octanol–water partition coefficient (Wildman–Crippen LogP) is 3.93. The Kier molecular flexibility index (Phi) is 5.10. The standard InChI is InChI=1S/C30H25As/c1-6-16-26(17-7-1)31(27-18-8-2-9-19-27,28-20-10-3-11-21-28,29-22-12-4-13-23-29)30-24-14-5-15-25-30/h1-25H. The van der Waals surface area contributed by atoms with E-state index in [1.165, 1.54) is 21.8 Å². The van der Waals surface area contributed by atoms with Gasteiger partial charge < -0.3 is 0 Å². The van der Waals surface area contributed by atoms with Crippen molar-refractivity contribution in [2.45, 2.75) is 0 Å². The molecule has 31 heavy (non-hydrogen) atoms. The van der Waals surface area contributed by atoms with E-state index in [4.69, 9.17) is 0 Å². The van der Waals surface area contributed by atoms with Crippen LogP contribution in [0.3, 0.4) is 0 Å². The topological polar surface area (TPSA) is 0 Å². The molecular formula is C30H25As. The molecule has 0 saturated heterocycles. The average molecular weight is 460 g/mol. The summed E-state index contributed by atoms with van der Waals surface area (Å²) < 4.78 is 6.99. The van der Waals surface area contributed by atoms with Gasteiger partial charge in [0.15, 0.2) is 0 Å². The molecule has 0 aliphatic carbocycles. The van der Waals surface area contributed by atoms with Gasteiger partial charge in [0.2, 0.25) is 0 Å². The zero-order valence-corrected chi connectivity index (χ0v) is 19.3. The van der Waals surface area contributed by atoms with Crippen LogP contribution in [-0.2, 0) is 0 Å². The normalized spacial score (nSPS) is 12.6. The van der Waals surface area contributed by atoms with Crippen molar-refractivity contribution in [2.75, 3.05) is 0 Å². The fraction of sp³-hybridized carbons (Fsp3) is 0. The zero-order valence-electron chi connectivity index (χ0n) is 17.4. The van der Waals surface area contributed by atoms with E-state index >= 15 is 0 Å². The van der Waals surface area contributed by atoms with Crippen LogP contribution in [0.1, 0.15) is 0 Å². The molecule has 0 fully saturated rings. The second-order valence-corrected chi connectivity index (χ2v) is 17.9. The summed E-state index contributed by atoms with van der Waals surface area (Å²) in [6.07, 6.45) is 0. The molecule has 0 amide bonds. The minimum absolute atomic E-state index is 1.40. The third kappa shape index (κ3) is 2.76. The Bertz CT molecular complexity index is 1000. The van der Waals surface area contributed by atoms with E-state index in [1.54, 1.807) is 0 Å². The summed E-state index contributed by atoms with van der Waals surface area (Å²) >= 11 is -4.07. The molecule has 0 spiro atoms. The Labute approximate surface area is 185 Å². The zero-order chi connectivity index (χ0) is 21.0. The summed E-state index contributed by atoms with van der Waals surface area (Å²) in [5.41, 5.74) is 0. The summed E-state index contributed by atoms with van der Waals surface area (Å²) in [6, 6.07) is 55.9. The van der Waals surface area contributed by atoms with Crippen LogP contribution in [0.5, 0.6) is 0 Å². The van der Waals surface area contributed by atoms with E-state index in [1.807, 2.05) is 0 Å². The van der Waals surface area contributed by atoms with E-state index in [-0.39, 0.29) is 0 Å². The van der Waals surface area contributed by atoms with Gasteiger partial charge in [0.25, 0.3) is 0 Å². The van der Waals surface area contributed by atoms with E-state index in [0.717, 1.165) is 0 Å². The molecule has 0 unspecified atom stereocenters. The van der Waals surface area contributed by atoms with Gasteiger partial charge >= 0.3 is 186 Å². The van der Waals surface area contributed by atoms with E-state index in [0.29, 0.717) is 0 Å². The summed E-state index contributed by atoms with van der Waals surface area (Å²) in [5, 5.41) is 0. The summed E-state index contributed by atoms with van der Waals surface area (Å²) in [7, 11) is 0. The Morgan fingerprint density at radius 1 is 0.226 bits per heavy atom. The Hall–Kier alpha value is -3.34. The number of hydrogen-bond acceptors (Lipinski definition) is 0. The second-order valence-electron chi connectivity index (χ2n) is 7.80. The van der Waals surface area contributed by atoms with Crippen molar-refractivity contribution < 1.29 is 0 Å². The third-order valence-corrected chi connectivity index (χ3v) is 20.3. The van der Waals surface area contributed by atoms with Gasteiger partial charge in [-0.25, -0.2) is 0 Å². The number of hydrogen-bond donors (Lipinski definition) is 0. The van der Waals surface area contributed by atoms with Crippen molar-refractivity contribution in [1.29, 1.82) is 0 Å². The number of rotatable bonds is 5. The van der Waals surface area contributed by atoms with Crippen LogP contribution in [-0.4, -0.2) is 12.5 Å². The molecule has 0 bridgehead atoms. The van der Waals surface area contributed by atoms with Crippen LogP contribution in [0.4, 0.5) is 0 Å². The molecule has 0 aliphatic heterocycles.